The molecule has 2 amide bonds. The summed E-state index contributed by atoms with van der Waals surface area (Å²) in [6.07, 6.45) is 2.23. The molecule has 0 saturated heterocycles. The maximum atomic E-state index is 11.8. The van der Waals surface area contributed by atoms with Gasteiger partial charge >= 0.3 is 12.0 Å². The van der Waals surface area contributed by atoms with E-state index in [1.165, 1.54) is 11.3 Å². The van der Waals surface area contributed by atoms with Crippen molar-refractivity contribution in [3.8, 4) is 5.88 Å². The summed E-state index contributed by atoms with van der Waals surface area (Å²) >= 11 is 8.06. The van der Waals surface area contributed by atoms with Crippen LogP contribution in [0.4, 0.5) is 9.80 Å². The lowest BCUT2D eigenvalue weighted by molar-refractivity contribution is 0.0693. The number of aromatic carboxylic acids is 1. The largest absolute Gasteiger partial charge is 0.477 e. The zero-order chi connectivity index (χ0) is 17.1. The zero-order valence-electron chi connectivity index (χ0n) is 12.4. The lowest BCUT2D eigenvalue weighted by Gasteiger charge is -2.06. The van der Waals surface area contributed by atoms with E-state index in [1.807, 2.05) is 0 Å². The van der Waals surface area contributed by atoms with Crippen LogP contribution < -0.4 is 15.4 Å². The highest BCUT2D eigenvalue weighted by Gasteiger charge is 2.25. The number of nitrogens with one attached hydrogen (secondary N) is 2. The van der Waals surface area contributed by atoms with Gasteiger partial charge in [-0.1, -0.05) is 11.6 Å². The Morgan fingerprint density at radius 1 is 1.42 bits per heavy atom. The molecule has 0 aliphatic heterocycles. The molecule has 0 spiro atoms. The first-order valence-corrected chi connectivity index (χ1v) is 9.14. The Morgan fingerprint density at radius 2 is 2.21 bits per heavy atom. The minimum atomic E-state index is -1.21. The number of rotatable bonds is 7. The first kappa shape index (κ1) is 17.0. The van der Waals surface area contributed by atoms with Gasteiger partial charge in [0.05, 0.1) is 4.34 Å². The number of carbonyl (C=O) groups is 2. The van der Waals surface area contributed by atoms with Gasteiger partial charge in [-0.05, 0) is 42.4 Å². The number of hydrogen-bond donors (Lipinski definition) is 3. The van der Waals surface area contributed by atoms with Gasteiger partial charge in [0.2, 0.25) is 5.88 Å². The second-order valence-electron chi connectivity index (χ2n) is 5.27. The van der Waals surface area contributed by atoms with E-state index in [2.05, 4.69) is 15.0 Å². The molecule has 128 valence electrons. The van der Waals surface area contributed by atoms with Gasteiger partial charge in [-0.3, -0.25) is 5.32 Å². The molecule has 2 aromatic heterocycles. The van der Waals surface area contributed by atoms with Crippen molar-refractivity contribution >= 4 is 51.5 Å². The topological polar surface area (TPSA) is 101 Å². The Morgan fingerprint density at radius 3 is 2.83 bits per heavy atom. The van der Waals surface area contributed by atoms with Crippen molar-refractivity contribution < 1.29 is 19.4 Å². The van der Waals surface area contributed by atoms with Gasteiger partial charge in [0.25, 0.3) is 0 Å². The van der Waals surface area contributed by atoms with Crippen LogP contribution in [0.15, 0.2) is 12.1 Å². The Labute approximate surface area is 150 Å². The molecular formula is C14H14ClN3O4S2. The highest BCUT2D eigenvalue weighted by molar-refractivity contribution is 7.16. The summed E-state index contributed by atoms with van der Waals surface area (Å²) in [6, 6.07) is 3.09. The molecule has 1 aliphatic carbocycles. The molecule has 2 heterocycles. The Bertz CT molecular complexity index is 757. The lowest BCUT2D eigenvalue weighted by atomic mass is 10.3. The molecule has 0 radical (unpaired) electrons. The third kappa shape index (κ3) is 4.37. The predicted molar refractivity (Wildman–Crippen MR) is 92.5 cm³/mol. The quantitative estimate of drug-likeness (QED) is 0.673. The lowest BCUT2D eigenvalue weighted by Crippen LogP contribution is -2.30. The number of amides is 2. The summed E-state index contributed by atoms with van der Waals surface area (Å²) in [5.41, 5.74) is -0.149. The molecule has 3 rings (SSSR count). The van der Waals surface area contributed by atoms with Crippen LogP contribution in [0.25, 0.3) is 0 Å². The van der Waals surface area contributed by atoms with Crippen molar-refractivity contribution in [2.24, 2.45) is 5.92 Å². The van der Waals surface area contributed by atoms with Crippen molar-refractivity contribution in [3.05, 3.63) is 26.9 Å². The second-order valence-corrected chi connectivity index (χ2v) is 7.84. The SMILES string of the molecule is O=C(NCC1CC1)Nc1snc(OCc2ccc(Cl)s2)c1C(=O)O. The van der Waals surface area contributed by atoms with E-state index in [4.69, 9.17) is 16.3 Å². The van der Waals surface area contributed by atoms with E-state index in [0.717, 1.165) is 29.3 Å². The minimum Gasteiger partial charge on any atom is -0.477 e. The molecule has 3 N–H and O–H groups in total. The van der Waals surface area contributed by atoms with Crippen LogP contribution in [-0.4, -0.2) is 28.0 Å². The molecule has 24 heavy (non-hydrogen) atoms. The third-order valence-corrected chi connectivity index (χ3v) is 5.28. The van der Waals surface area contributed by atoms with E-state index >= 15 is 0 Å². The first-order valence-electron chi connectivity index (χ1n) is 7.17. The van der Waals surface area contributed by atoms with Crippen molar-refractivity contribution in [2.75, 3.05) is 11.9 Å². The number of hydrogen-bond acceptors (Lipinski definition) is 6. The Hall–Kier alpha value is -1.84. The summed E-state index contributed by atoms with van der Waals surface area (Å²) < 4.78 is 10.1. The molecule has 1 saturated carbocycles. The molecule has 1 fully saturated rings. The molecule has 0 unspecified atom stereocenters. The predicted octanol–water partition coefficient (Wildman–Crippen LogP) is 3.67. The van der Waals surface area contributed by atoms with Crippen LogP contribution in [0.1, 0.15) is 28.1 Å². The van der Waals surface area contributed by atoms with Crippen molar-refractivity contribution in [2.45, 2.75) is 19.4 Å². The molecule has 2 aromatic rings. The molecule has 1 aliphatic rings. The fourth-order valence-corrected chi connectivity index (χ4v) is 3.65. The van der Waals surface area contributed by atoms with Gasteiger partial charge < -0.3 is 15.2 Å². The number of ether oxygens (including phenoxy) is 1. The van der Waals surface area contributed by atoms with Crippen molar-refractivity contribution in [1.29, 1.82) is 0 Å². The van der Waals surface area contributed by atoms with Gasteiger partial charge in [0.15, 0.2) is 5.56 Å². The normalized spacial score (nSPS) is 13.5. The van der Waals surface area contributed by atoms with E-state index in [1.54, 1.807) is 12.1 Å². The fraction of sp³-hybridized carbons (Fsp3) is 0.357. The number of nitrogens with zero attached hydrogens (tertiary/aromatic N) is 1. The monoisotopic (exact) mass is 387 g/mol. The van der Waals surface area contributed by atoms with Crippen LogP contribution in [0.3, 0.4) is 0 Å². The number of aromatic nitrogens is 1. The molecule has 10 heteroatoms. The summed E-state index contributed by atoms with van der Waals surface area (Å²) in [7, 11) is 0. The Balaban J connectivity index is 1.64. The third-order valence-electron chi connectivity index (χ3n) is 3.33. The number of carbonyl (C=O) groups excluding carboxylic acids is 1. The summed E-state index contributed by atoms with van der Waals surface area (Å²) in [4.78, 5) is 24.1. The van der Waals surface area contributed by atoms with Crippen LogP contribution >= 0.6 is 34.5 Å². The minimum absolute atomic E-state index is 0.0190. The van der Waals surface area contributed by atoms with Gasteiger partial charge in [0, 0.05) is 11.4 Å². The second kappa shape index (κ2) is 7.37. The number of urea groups is 1. The van der Waals surface area contributed by atoms with E-state index in [-0.39, 0.29) is 23.1 Å². The fourth-order valence-electron chi connectivity index (χ4n) is 1.92. The van der Waals surface area contributed by atoms with Crippen LogP contribution in [0, 0.1) is 5.92 Å². The van der Waals surface area contributed by atoms with Gasteiger partial charge in [-0.15, -0.1) is 11.3 Å². The van der Waals surface area contributed by atoms with E-state index in [9.17, 15) is 14.7 Å². The van der Waals surface area contributed by atoms with Crippen molar-refractivity contribution in [3.63, 3.8) is 0 Å². The highest BCUT2D eigenvalue weighted by atomic mass is 35.5. The molecular weight excluding hydrogens is 374 g/mol. The number of carboxylic acids is 1. The van der Waals surface area contributed by atoms with Crippen LogP contribution in [0.2, 0.25) is 4.34 Å². The summed E-state index contributed by atoms with van der Waals surface area (Å²) in [5.74, 6) is -0.692. The van der Waals surface area contributed by atoms with Crippen LogP contribution in [-0.2, 0) is 6.61 Å². The van der Waals surface area contributed by atoms with Gasteiger partial charge in [-0.2, -0.15) is 4.37 Å². The Kier molecular flexibility index (Phi) is 5.22. The standard InChI is InChI=1S/C14H14ClN3O4S2/c15-9-4-3-8(23-9)6-22-11-10(13(19)20)12(24-18-11)17-14(21)16-5-7-1-2-7/h3-4,7H,1-2,5-6H2,(H,19,20)(H2,16,17,21). The molecule has 0 aromatic carbocycles. The summed E-state index contributed by atoms with van der Waals surface area (Å²) in [5, 5.41) is 14.8. The summed E-state index contributed by atoms with van der Waals surface area (Å²) in [6.45, 7) is 0.754. The maximum Gasteiger partial charge on any atom is 0.344 e. The average molecular weight is 388 g/mol. The number of carboxylic acid groups (broad SMARTS) is 1. The first-order chi connectivity index (χ1) is 11.5. The highest BCUT2D eigenvalue weighted by Crippen LogP contribution is 2.32. The number of anilines is 1. The van der Waals surface area contributed by atoms with Gasteiger partial charge in [0.1, 0.15) is 11.6 Å². The number of halogens is 1. The number of thiophene rings is 1. The molecule has 7 nitrogen and oxygen atoms in total. The van der Waals surface area contributed by atoms with Crippen molar-refractivity contribution in [1.82, 2.24) is 9.69 Å². The average Bonchev–Trinajstić information content (AvgIpc) is 3.14. The maximum absolute atomic E-state index is 11.8. The zero-order valence-corrected chi connectivity index (χ0v) is 14.8. The smallest absolute Gasteiger partial charge is 0.344 e. The van der Waals surface area contributed by atoms with E-state index < -0.39 is 12.0 Å². The van der Waals surface area contributed by atoms with Crippen LogP contribution in [0.5, 0.6) is 5.88 Å². The molecule has 0 atom stereocenters. The van der Waals surface area contributed by atoms with E-state index in [0.29, 0.717) is 16.8 Å². The molecule has 0 bridgehead atoms. The van der Waals surface area contributed by atoms with Gasteiger partial charge in [-0.25, -0.2) is 9.59 Å².